The molecule has 1 atom stereocenters. The van der Waals surface area contributed by atoms with Gasteiger partial charge in [-0.15, -0.1) is 0 Å². The first-order chi connectivity index (χ1) is 20.0. The van der Waals surface area contributed by atoms with Gasteiger partial charge in [0, 0.05) is 23.4 Å². The summed E-state index contributed by atoms with van der Waals surface area (Å²) in [6.07, 6.45) is 0.858. The second-order valence-corrected chi connectivity index (χ2v) is 11.1. The number of nitrogens with one attached hydrogen (secondary N) is 1. The number of amides is 1. The molecule has 0 fully saturated rings. The topological polar surface area (TPSA) is 104 Å². The standard InChI is InChI=1S/C34H37NO7/c1-6-10-28-22(2)27-18-17-26(20-30(27)41-31(28)36)40-32(37)29(35-33(38)42-34(3,4)5)19-23-13-15-25(16-14-23)39-21-24-11-8-7-9-12-24/h7-9,11-18,20,29H,6,10,19,21H2,1-5H3,(H,35,38)/t29-/m0/s1. The lowest BCUT2D eigenvalue weighted by molar-refractivity contribution is -0.136. The summed E-state index contributed by atoms with van der Waals surface area (Å²) in [6, 6.07) is 21.0. The van der Waals surface area contributed by atoms with Crippen molar-refractivity contribution in [3.8, 4) is 11.5 Å². The van der Waals surface area contributed by atoms with Crippen molar-refractivity contribution in [3.05, 3.63) is 105 Å². The van der Waals surface area contributed by atoms with E-state index in [1.54, 1.807) is 32.9 Å². The highest BCUT2D eigenvalue weighted by Gasteiger charge is 2.27. The average molecular weight is 572 g/mol. The van der Waals surface area contributed by atoms with Crippen LogP contribution in [0, 0.1) is 6.92 Å². The summed E-state index contributed by atoms with van der Waals surface area (Å²) in [5, 5.41) is 3.41. The Labute approximate surface area is 245 Å². The van der Waals surface area contributed by atoms with E-state index in [-0.39, 0.29) is 12.2 Å². The number of fused-ring (bicyclic) bond motifs is 1. The molecular weight excluding hydrogens is 534 g/mol. The second kappa shape index (κ2) is 13.4. The van der Waals surface area contributed by atoms with E-state index >= 15 is 0 Å². The van der Waals surface area contributed by atoms with Gasteiger partial charge in [-0.2, -0.15) is 0 Å². The van der Waals surface area contributed by atoms with Crippen molar-refractivity contribution in [2.24, 2.45) is 0 Å². The van der Waals surface area contributed by atoms with Gasteiger partial charge in [0.25, 0.3) is 0 Å². The molecule has 0 saturated heterocycles. The SMILES string of the molecule is CCCc1c(C)c2ccc(OC(=O)[C@H](Cc3ccc(OCc4ccccc4)cc3)NC(=O)OC(C)(C)C)cc2oc1=O. The van der Waals surface area contributed by atoms with Crippen LogP contribution in [0.1, 0.15) is 56.4 Å². The fraction of sp³-hybridized carbons (Fsp3) is 0.324. The highest BCUT2D eigenvalue weighted by atomic mass is 16.6. The first kappa shape index (κ1) is 30.4. The Balaban J connectivity index is 1.51. The number of aryl methyl sites for hydroxylation is 1. The zero-order chi connectivity index (χ0) is 30.3. The Morgan fingerprint density at radius 2 is 1.62 bits per heavy atom. The third-order valence-corrected chi connectivity index (χ3v) is 6.56. The van der Waals surface area contributed by atoms with Gasteiger partial charge >= 0.3 is 17.7 Å². The van der Waals surface area contributed by atoms with Crippen molar-refractivity contribution < 1.29 is 28.2 Å². The summed E-state index contributed by atoms with van der Waals surface area (Å²) < 4.78 is 22.4. The largest absolute Gasteiger partial charge is 0.489 e. The molecule has 220 valence electrons. The molecule has 0 aliphatic heterocycles. The van der Waals surface area contributed by atoms with Crippen LogP contribution in [0.25, 0.3) is 11.0 Å². The van der Waals surface area contributed by atoms with E-state index in [9.17, 15) is 14.4 Å². The molecule has 8 heteroatoms. The number of alkyl carbamates (subject to hydrolysis) is 1. The predicted molar refractivity (Wildman–Crippen MR) is 161 cm³/mol. The maximum atomic E-state index is 13.3. The molecule has 0 aliphatic carbocycles. The maximum Gasteiger partial charge on any atom is 0.408 e. The molecule has 3 aromatic carbocycles. The highest BCUT2D eigenvalue weighted by molar-refractivity contribution is 5.86. The van der Waals surface area contributed by atoms with Crippen LogP contribution in [0.15, 0.2) is 82.0 Å². The fourth-order valence-corrected chi connectivity index (χ4v) is 4.51. The minimum Gasteiger partial charge on any atom is -0.489 e. The predicted octanol–water partition coefficient (Wildman–Crippen LogP) is 6.67. The van der Waals surface area contributed by atoms with Crippen molar-refractivity contribution in [2.75, 3.05) is 0 Å². The lowest BCUT2D eigenvalue weighted by Gasteiger charge is -2.23. The summed E-state index contributed by atoms with van der Waals surface area (Å²) in [4.78, 5) is 38.5. The van der Waals surface area contributed by atoms with E-state index in [0.717, 1.165) is 28.5 Å². The third-order valence-electron chi connectivity index (χ3n) is 6.56. The van der Waals surface area contributed by atoms with Gasteiger partial charge in [-0.1, -0.05) is 55.8 Å². The Kier molecular flexibility index (Phi) is 9.68. The first-order valence-corrected chi connectivity index (χ1v) is 14.1. The van der Waals surface area contributed by atoms with Gasteiger partial charge in [-0.05, 0) is 75.1 Å². The quantitative estimate of drug-likeness (QED) is 0.129. The van der Waals surface area contributed by atoms with E-state index < -0.39 is 29.3 Å². The first-order valence-electron chi connectivity index (χ1n) is 14.1. The van der Waals surface area contributed by atoms with E-state index in [2.05, 4.69) is 5.32 Å². The number of hydrogen-bond acceptors (Lipinski definition) is 7. The Bertz CT molecular complexity index is 1590. The molecule has 0 bridgehead atoms. The number of carbonyl (C=O) groups excluding carboxylic acids is 2. The lowest BCUT2D eigenvalue weighted by Crippen LogP contribution is -2.46. The van der Waals surface area contributed by atoms with Crippen molar-refractivity contribution in [1.82, 2.24) is 5.32 Å². The van der Waals surface area contributed by atoms with Gasteiger partial charge in [0.1, 0.15) is 35.3 Å². The molecule has 0 unspecified atom stereocenters. The molecular formula is C34H37NO7. The minimum absolute atomic E-state index is 0.152. The van der Waals surface area contributed by atoms with E-state index in [4.69, 9.17) is 18.6 Å². The second-order valence-electron chi connectivity index (χ2n) is 11.1. The highest BCUT2D eigenvalue weighted by Crippen LogP contribution is 2.25. The number of ether oxygens (including phenoxy) is 3. The van der Waals surface area contributed by atoms with Gasteiger partial charge in [0.15, 0.2) is 0 Å². The van der Waals surface area contributed by atoms with E-state index in [1.807, 2.05) is 68.4 Å². The van der Waals surface area contributed by atoms with Gasteiger partial charge in [-0.3, -0.25) is 0 Å². The summed E-state index contributed by atoms with van der Waals surface area (Å²) in [5.74, 6) is 0.183. The average Bonchev–Trinajstić information content (AvgIpc) is 2.94. The normalized spacial score (nSPS) is 12.0. The molecule has 1 amide bonds. The van der Waals surface area contributed by atoms with Crippen LogP contribution >= 0.6 is 0 Å². The number of esters is 1. The monoisotopic (exact) mass is 571 g/mol. The van der Waals surface area contributed by atoms with Crippen LogP contribution in [0.4, 0.5) is 4.79 Å². The number of rotatable bonds is 10. The maximum absolute atomic E-state index is 13.3. The van der Waals surface area contributed by atoms with Crippen LogP contribution in [0.2, 0.25) is 0 Å². The molecule has 42 heavy (non-hydrogen) atoms. The van der Waals surface area contributed by atoms with Crippen LogP contribution < -0.4 is 20.4 Å². The number of benzene rings is 3. The molecule has 1 heterocycles. The van der Waals surface area contributed by atoms with E-state index in [0.29, 0.717) is 29.9 Å². The summed E-state index contributed by atoms with van der Waals surface area (Å²) >= 11 is 0. The Morgan fingerprint density at radius 3 is 2.29 bits per heavy atom. The van der Waals surface area contributed by atoms with Crippen molar-refractivity contribution in [3.63, 3.8) is 0 Å². The Hall–Kier alpha value is -4.59. The zero-order valence-corrected chi connectivity index (χ0v) is 24.7. The molecule has 4 aromatic rings. The molecule has 0 aliphatic rings. The zero-order valence-electron chi connectivity index (χ0n) is 24.7. The molecule has 0 radical (unpaired) electrons. The van der Waals surface area contributed by atoms with Crippen LogP contribution in [-0.2, 0) is 29.0 Å². The smallest absolute Gasteiger partial charge is 0.408 e. The van der Waals surface area contributed by atoms with Crippen molar-refractivity contribution >= 4 is 23.0 Å². The van der Waals surface area contributed by atoms with Crippen LogP contribution in [0.5, 0.6) is 11.5 Å². The molecule has 4 rings (SSSR count). The summed E-state index contributed by atoms with van der Waals surface area (Å²) in [6.45, 7) is 9.54. The lowest BCUT2D eigenvalue weighted by atomic mass is 10.0. The van der Waals surface area contributed by atoms with Crippen molar-refractivity contribution in [1.29, 1.82) is 0 Å². The molecule has 0 spiro atoms. The van der Waals surface area contributed by atoms with Crippen molar-refractivity contribution in [2.45, 2.75) is 72.1 Å². The number of carbonyl (C=O) groups is 2. The molecule has 1 aromatic heterocycles. The molecule has 1 N–H and O–H groups in total. The fourth-order valence-electron chi connectivity index (χ4n) is 4.51. The number of hydrogen-bond donors (Lipinski definition) is 1. The van der Waals surface area contributed by atoms with Crippen LogP contribution in [0.3, 0.4) is 0 Å². The van der Waals surface area contributed by atoms with Gasteiger partial charge < -0.3 is 23.9 Å². The van der Waals surface area contributed by atoms with Gasteiger partial charge in [0.2, 0.25) is 0 Å². The van der Waals surface area contributed by atoms with Crippen LogP contribution in [-0.4, -0.2) is 23.7 Å². The van der Waals surface area contributed by atoms with Gasteiger partial charge in [-0.25, -0.2) is 14.4 Å². The van der Waals surface area contributed by atoms with Gasteiger partial charge in [0.05, 0.1) is 0 Å². The third kappa shape index (κ3) is 8.22. The van der Waals surface area contributed by atoms with E-state index in [1.165, 1.54) is 6.07 Å². The summed E-state index contributed by atoms with van der Waals surface area (Å²) in [5.41, 5.74) is 2.51. The summed E-state index contributed by atoms with van der Waals surface area (Å²) in [7, 11) is 0. The minimum atomic E-state index is -1.05. The molecule has 8 nitrogen and oxygen atoms in total. The Morgan fingerprint density at radius 1 is 0.929 bits per heavy atom. The molecule has 0 saturated carbocycles.